The zero-order valence-corrected chi connectivity index (χ0v) is 16.7. The van der Waals surface area contributed by atoms with Gasteiger partial charge in [-0.1, -0.05) is 28.8 Å². The number of hydrogen-bond donors (Lipinski definition) is 2. The van der Waals surface area contributed by atoms with Crippen LogP contribution in [0.2, 0.25) is 0 Å². The lowest BCUT2D eigenvalue weighted by Gasteiger charge is -2.33. The largest absolute Gasteiger partial charge is 0.418 e. The molecule has 1 saturated heterocycles. The molecule has 0 aromatic heterocycles. The fourth-order valence-electron chi connectivity index (χ4n) is 3.95. The van der Waals surface area contributed by atoms with Gasteiger partial charge < -0.3 is 16.0 Å². The quantitative estimate of drug-likeness (QED) is 0.700. The van der Waals surface area contributed by atoms with Gasteiger partial charge in [-0.15, -0.1) is 0 Å². The molecular weight excluding hydrogens is 423 g/mol. The summed E-state index contributed by atoms with van der Waals surface area (Å²) in [7, 11) is 0. The number of amides is 1. The van der Waals surface area contributed by atoms with E-state index in [0.29, 0.717) is 19.5 Å². The van der Waals surface area contributed by atoms with E-state index in [9.17, 15) is 18.0 Å². The van der Waals surface area contributed by atoms with Gasteiger partial charge in [-0.25, -0.2) is 0 Å². The molecule has 27 heavy (non-hydrogen) atoms. The average molecular weight is 448 g/mol. The lowest BCUT2D eigenvalue weighted by atomic mass is 9.90. The van der Waals surface area contributed by atoms with Crippen LogP contribution in [0.5, 0.6) is 0 Å². The third-order valence-electron chi connectivity index (χ3n) is 5.43. The van der Waals surface area contributed by atoms with Crippen molar-refractivity contribution >= 4 is 27.5 Å². The van der Waals surface area contributed by atoms with Crippen LogP contribution in [-0.4, -0.2) is 36.0 Å². The Bertz CT molecular complexity index is 690. The number of alkyl halides is 3. The topological polar surface area (TPSA) is 58.4 Å². The maximum Gasteiger partial charge on any atom is 0.418 e. The summed E-state index contributed by atoms with van der Waals surface area (Å²) in [5.74, 6) is -0.353. The summed E-state index contributed by atoms with van der Waals surface area (Å²) in [6, 6.07) is 2.03. The maximum atomic E-state index is 13.7. The highest BCUT2D eigenvalue weighted by atomic mass is 79.9. The Morgan fingerprint density at radius 1 is 1.11 bits per heavy atom. The van der Waals surface area contributed by atoms with Crippen LogP contribution in [-0.2, 0) is 6.18 Å². The van der Waals surface area contributed by atoms with Crippen LogP contribution in [0, 0.1) is 0 Å². The van der Waals surface area contributed by atoms with Crippen molar-refractivity contribution in [2.24, 2.45) is 5.73 Å². The van der Waals surface area contributed by atoms with E-state index in [0.717, 1.165) is 44.6 Å². The van der Waals surface area contributed by atoms with Gasteiger partial charge in [-0.3, -0.25) is 4.79 Å². The molecule has 1 saturated carbocycles. The molecule has 1 amide bonds. The second-order valence-corrected chi connectivity index (χ2v) is 8.34. The van der Waals surface area contributed by atoms with Gasteiger partial charge in [-0.2, -0.15) is 13.2 Å². The SMILES string of the molecule is N[C@H]1CCCC[C@H]1Nc1c(C(=O)N2CCCCC2)cc(Br)cc1C(F)(F)F. The molecule has 3 rings (SSSR count). The van der Waals surface area contributed by atoms with Crippen molar-refractivity contribution in [2.75, 3.05) is 18.4 Å². The molecular formula is C19H25BrF3N3O. The summed E-state index contributed by atoms with van der Waals surface area (Å²) in [5.41, 5.74) is 5.24. The van der Waals surface area contributed by atoms with Gasteiger partial charge in [-0.05, 0) is 44.2 Å². The molecule has 3 N–H and O–H groups in total. The number of nitrogens with one attached hydrogen (secondary N) is 1. The fourth-order valence-corrected chi connectivity index (χ4v) is 4.40. The predicted molar refractivity (Wildman–Crippen MR) is 103 cm³/mol. The highest BCUT2D eigenvalue weighted by Crippen LogP contribution is 2.40. The molecule has 2 aliphatic rings. The number of nitrogens with two attached hydrogens (primary N) is 1. The van der Waals surface area contributed by atoms with Crippen LogP contribution in [0.4, 0.5) is 18.9 Å². The van der Waals surface area contributed by atoms with Crippen LogP contribution < -0.4 is 11.1 Å². The van der Waals surface area contributed by atoms with Crippen molar-refractivity contribution in [3.63, 3.8) is 0 Å². The number of carbonyl (C=O) groups excluding carboxylic acids is 1. The minimum absolute atomic E-state index is 0.0661. The molecule has 150 valence electrons. The number of halogens is 4. The Morgan fingerprint density at radius 3 is 2.41 bits per heavy atom. The van der Waals surface area contributed by atoms with Crippen molar-refractivity contribution in [3.8, 4) is 0 Å². The van der Waals surface area contributed by atoms with E-state index in [1.165, 1.54) is 6.07 Å². The van der Waals surface area contributed by atoms with E-state index in [-0.39, 0.29) is 33.7 Å². The summed E-state index contributed by atoms with van der Waals surface area (Å²) in [5, 5.41) is 3.01. The summed E-state index contributed by atoms with van der Waals surface area (Å²) < 4.78 is 41.5. The molecule has 1 aromatic carbocycles. The van der Waals surface area contributed by atoms with Crippen LogP contribution in [0.25, 0.3) is 0 Å². The van der Waals surface area contributed by atoms with Crippen LogP contribution >= 0.6 is 15.9 Å². The lowest BCUT2D eigenvalue weighted by molar-refractivity contribution is -0.137. The Kier molecular flexibility index (Phi) is 6.35. The molecule has 2 atom stereocenters. The van der Waals surface area contributed by atoms with Crippen molar-refractivity contribution in [1.29, 1.82) is 0 Å². The minimum Gasteiger partial charge on any atom is -0.380 e. The molecule has 1 aliphatic carbocycles. The van der Waals surface area contributed by atoms with E-state index in [1.807, 2.05) is 0 Å². The van der Waals surface area contributed by atoms with Crippen LogP contribution in [0.1, 0.15) is 60.9 Å². The number of piperidine rings is 1. The fraction of sp³-hybridized carbons (Fsp3) is 0.632. The van der Waals surface area contributed by atoms with Gasteiger partial charge >= 0.3 is 6.18 Å². The molecule has 2 fully saturated rings. The first-order valence-corrected chi connectivity index (χ1v) is 10.3. The Balaban J connectivity index is 2.02. The van der Waals surface area contributed by atoms with Gasteiger partial charge in [0.05, 0.1) is 16.8 Å². The highest BCUT2D eigenvalue weighted by Gasteiger charge is 2.38. The van der Waals surface area contributed by atoms with Crippen molar-refractivity contribution in [2.45, 2.75) is 63.2 Å². The molecule has 0 bridgehead atoms. The van der Waals surface area contributed by atoms with E-state index in [4.69, 9.17) is 5.73 Å². The predicted octanol–water partition coefficient (Wildman–Crippen LogP) is 4.78. The zero-order chi connectivity index (χ0) is 19.6. The third kappa shape index (κ3) is 4.77. The molecule has 1 heterocycles. The summed E-state index contributed by atoms with van der Waals surface area (Å²) >= 11 is 3.15. The minimum atomic E-state index is -4.57. The molecule has 0 unspecified atom stereocenters. The lowest BCUT2D eigenvalue weighted by Crippen LogP contribution is -2.43. The Hall–Kier alpha value is -1.28. The molecule has 1 aromatic rings. The third-order valence-corrected chi connectivity index (χ3v) is 5.89. The van der Waals surface area contributed by atoms with Crippen molar-refractivity contribution < 1.29 is 18.0 Å². The number of likely N-dealkylation sites (tertiary alicyclic amines) is 1. The molecule has 4 nitrogen and oxygen atoms in total. The van der Waals surface area contributed by atoms with Crippen molar-refractivity contribution in [3.05, 3.63) is 27.7 Å². The Labute approximate surface area is 165 Å². The summed E-state index contributed by atoms with van der Waals surface area (Å²) in [4.78, 5) is 14.7. The Morgan fingerprint density at radius 2 is 1.78 bits per heavy atom. The molecule has 1 aliphatic heterocycles. The van der Waals surface area contributed by atoms with E-state index in [1.54, 1.807) is 4.90 Å². The summed E-state index contributed by atoms with van der Waals surface area (Å²) in [6.45, 7) is 1.16. The van der Waals surface area contributed by atoms with Gasteiger partial charge in [0.15, 0.2) is 0 Å². The first-order valence-electron chi connectivity index (χ1n) is 9.49. The smallest absolute Gasteiger partial charge is 0.380 e. The van der Waals surface area contributed by atoms with Gasteiger partial charge in [0.25, 0.3) is 5.91 Å². The number of rotatable bonds is 3. The molecule has 8 heteroatoms. The second-order valence-electron chi connectivity index (χ2n) is 7.43. The monoisotopic (exact) mass is 447 g/mol. The molecule has 0 radical (unpaired) electrons. The average Bonchev–Trinajstić information content (AvgIpc) is 2.63. The zero-order valence-electron chi connectivity index (χ0n) is 15.1. The number of carbonyl (C=O) groups is 1. The van der Waals surface area contributed by atoms with Crippen LogP contribution in [0.15, 0.2) is 16.6 Å². The number of benzene rings is 1. The van der Waals surface area contributed by atoms with E-state index in [2.05, 4.69) is 21.2 Å². The highest BCUT2D eigenvalue weighted by molar-refractivity contribution is 9.10. The first-order chi connectivity index (χ1) is 12.8. The number of anilines is 1. The summed E-state index contributed by atoms with van der Waals surface area (Å²) in [6.07, 6.45) is 1.59. The van der Waals surface area contributed by atoms with Crippen LogP contribution in [0.3, 0.4) is 0 Å². The van der Waals surface area contributed by atoms with E-state index < -0.39 is 11.7 Å². The number of hydrogen-bond acceptors (Lipinski definition) is 3. The first kappa shape index (κ1) is 20.5. The maximum absolute atomic E-state index is 13.7. The van der Waals surface area contributed by atoms with Crippen molar-refractivity contribution in [1.82, 2.24) is 4.90 Å². The van der Waals surface area contributed by atoms with Gasteiger partial charge in [0.2, 0.25) is 0 Å². The van der Waals surface area contributed by atoms with Gasteiger partial charge in [0.1, 0.15) is 0 Å². The standard InChI is InChI=1S/C19H25BrF3N3O/c20-12-10-13(18(27)26-8-4-1-5-9-26)17(14(11-12)19(21,22)23)25-16-7-3-2-6-15(16)24/h10-11,15-16,25H,1-9,24H2/t15-,16+/m0/s1. The van der Waals surface area contributed by atoms with Gasteiger partial charge in [0, 0.05) is 29.6 Å². The number of nitrogens with zero attached hydrogens (tertiary/aromatic N) is 1. The normalized spacial score (nSPS) is 24.0. The molecule has 0 spiro atoms. The van der Waals surface area contributed by atoms with E-state index >= 15 is 0 Å². The second kappa shape index (κ2) is 8.39.